The van der Waals surface area contributed by atoms with Crippen LogP contribution in [0.5, 0.6) is 0 Å². The zero-order valence-electron chi connectivity index (χ0n) is 10.5. The lowest BCUT2D eigenvalue weighted by atomic mass is 9.93. The minimum absolute atomic E-state index is 0.0162. The quantitative estimate of drug-likeness (QED) is 0.869. The van der Waals surface area contributed by atoms with Crippen LogP contribution in [0, 0.1) is 0 Å². The van der Waals surface area contributed by atoms with E-state index in [1.807, 2.05) is 29.6 Å². The molecule has 2 aromatic rings. The van der Waals surface area contributed by atoms with Gasteiger partial charge in [-0.2, -0.15) is 0 Å². The first kappa shape index (κ1) is 13.3. The summed E-state index contributed by atoms with van der Waals surface area (Å²) in [6, 6.07) is 12.2. The Bertz CT molecular complexity index is 464. The van der Waals surface area contributed by atoms with Gasteiger partial charge >= 0.3 is 0 Å². The first-order chi connectivity index (χ1) is 8.76. The number of hydrogen-bond acceptors (Lipinski definition) is 3. The van der Waals surface area contributed by atoms with Crippen molar-refractivity contribution < 1.29 is 5.11 Å². The monoisotopic (exact) mass is 261 g/mol. The molecule has 0 bridgehead atoms. The van der Waals surface area contributed by atoms with Gasteiger partial charge in [-0.25, -0.2) is 0 Å². The van der Waals surface area contributed by atoms with E-state index in [2.05, 4.69) is 19.1 Å². The van der Waals surface area contributed by atoms with Crippen LogP contribution in [0.25, 0.3) is 0 Å². The zero-order valence-corrected chi connectivity index (χ0v) is 11.4. The molecule has 18 heavy (non-hydrogen) atoms. The largest absolute Gasteiger partial charge is 0.388 e. The van der Waals surface area contributed by atoms with Crippen LogP contribution >= 0.6 is 11.3 Å². The minimum Gasteiger partial charge on any atom is -0.388 e. The third kappa shape index (κ3) is 2.80. The summed E-state index contributed by atoms with van der Waals surface area (Å²) in [6.45, 7) is 2.58. The number of aryl methyl sites for hydroxylation is 1. The highest BCUT2D eigenvalue weighted by Crippen LogP contribution is 2.32. The SMILES string of the molecule is CCc1ccc(C(O)C(CN)c2cccs2)cc1. The molecule has 2 rings (SSSR count). The molecule has 0 aliphatic heterocycles. The van der Waals surface area contributed by atoms with Crippen LogP contribution in [0.1, 0.15) is 34.9 Å². The van der Waals surface area contributed by atoms with Gasteiger partial charge in [0.1, 0.15) is 0 Å². The van der Waals surface area contributed by atoms with Gasteiger partial charge in [-0.1, -0.05) is 37.3 Å². The number of nitrogens with two attached hydrogens (primary N) is 1. The predicted octanol–water partition coefficient (Wildman–Crippen LogP) is 3.09. The van der Waals surface area contributed by atoms with Crippen LogP contribution in [0.3, 0.4) is 0 Å². The van der Waals surface area contributed by atoms with E-state index in [1.165, 1.54) is 5.56 Å². The summed E-state index contributed by atoms with van der Waals surface area (Å²) < 4.78 is 0. The highest BCUT2D eigenvalue weighted by atomic mass is 32.1. The van der Waals surface area contributed by atoms with Crippen molar-refractivity contribution in [1.82, 2.24) is 0 Å². The molecule has 0 amide bonds. The molecule has 0 aliphatic rings. The number of aliphatic hydroxyl groups is 1. The first-order valence-corrected chi connectivity index (χ1v) is 7.14. The Labute approximate surface area is 112 Å². The average Bonchev–Trinajstić information content (AvgIpc) is 2.93. The molecule has 3 heteroatoms. The van der Waals surface area contributed by atoms with Gasteiger partial charge in [-0.15, -0.1) is 11.3 Å². The number of hydrogen-bond donors (Lipinski definition) is 2. The predicted molar refractivity (Wildman–Crippen MR) is 76.9 cm³/mol. The number of benzene rings is 1. The van der Waals surface area contributed by atoms with Gasteiger partial charge in [0.05, 0.1) is 6.10 Å². The molecule has 0 aliphatic carbocycles. The van der Waals surface area contributed by atoms with Crippen molar-refractivity contribution in [3.05, 3.63) is 57.8 Å². The van der Waals surface area contributed by atoms with E-state index in [9.17, 15) is 5.11 Å². The van der Waals surface area contributed by atoms with E-state index in [1.54, 1.807) is 11.3 Å². The van der Waals surface area contributed by atoms with Crippen molar-refractivity contribution in [2.24, 2.45) is 5.73 Å². The Morgan fingerprint density at radius 3 is 2.44 bits per heavy atom. The Morgan fingerprint density at radius 2 is 1.94 bits per heavy atom. The molecule has 3 N–H and O–H groups in total. The molecule has 0 spiro atoms. The normalized spacial score (nSPS) is 14.4. The summed E-state index contributed by atoms with van der Waals surface area (Å²) in [5.41, 5.74) is 8.03. The van der Waals surface area contributed by atoms with Crippen molar-refractivity contribution in [3.63, 3.8) is 0 Å². The smallest absolute Gasteiger partial charge is 0.0878 e. The molecule has 1 aromatic carbocycles. The van der Waals surface area contributed by atoms with Crippen LogP contribution < -0.4 is 5.73 Å². The molecule has 0 fully saturated rings. The molecule has 0 saturated heterocycles. The van der Waals surface area contributed by atoms with E-state index < -0.39 is 6.10 Å². The maximum atomic E-state index is 10.4. The highest BCUT2D eigenvalue weighted by molar-refractivity contribution is 7.10. The molecule has 2 nitrogen and oxygen atoms in total. The van der Waals surface area contributed by atoms with Gasteiger partial charge in [-0.3, -0.25) is 0 Å². The molecule has 2 unspecified atom stereocenters. The van der Waals surface area contributed by atoms with Crippen LogP contribution in [-0.4, -0.2) is 11.7 Å². The van der Waals surface area contributed by atoms with E-state index in [0.29, 0.717) is 6.54 Å². The molecule has 0 radical (unpaired) electrons. The Balaban J connectivity index is 2.20. The first-order valence-electron chi connectivity index (χ1n) is 6.26. The molecule has 2 atom stereocenters. The minimum atomic E-state index is -0.528. The van der Waals surface area contributed by atoms with Crippen molar-refractivity contribution >= 4 is 11.3 Å². The summed E-state index contributed by atoms with van der Waals surface area (Å²) >= 11 is 1.65. The number of thiophene rings is 1. The fourth-order valence-corrected chi connectivity index (χ4v) is 2.96. The van der Waals surface area contributed by atoms with Gasteiger partial charge in [0, 0.05) is 17.3 Å². The van der Waals surface area contributed by atoms with E-state index >= 15 is 0 Å². The average molecular weight is 261 g/mol. The van der Waals surface area contributed by atoms with E-state index in [4.69, 9.17) is 5.73 Å². The van der Waals surface area contributed by atoms with Crippen molar-refractivity contribution in [1.29, 1.82) is 0 Å². The topological polar surface area (TPSA) is 46.2 Å². The summed E-state index contributed by atoms with van der Waals surface area (Å²) in [6.07, 6.45) is 0.487. The van der Waals surface area contributed by atoms with Crippen molar-refractivity contribution in [2.45, 2.75) is 25.4 Å². The zero-order chi connectivity index (χ0) is 13.0. The van der Waals surface area contributed by atoms with Crippen molar-refractivity contribution in [3.8, 4) is 0 Å². The second-order valence-corrected chi connectivity index (χ2v) is 5.38. The van der Waals surface area contributed by atoms with Crippen LogP contribution in [0.15, 0.2) is 41.8 Å². The second-order valence-electron chi connectivity index (χ2n) is 4.40. The summed E-state index contributed by atoms with van der Waals surface area (Å²) in [5, 5.41) is 12.5. The maximum absolute atomic E-state index is 10.4. The molecular weight excluding hydrogens is 242 g/mol. The van der Waals surface area contributed by atoms with Gasteiger partial charge in [0.2, 0.25) is 0 Å². The molecule has 1 aromatic heterocycles. The standard InChI is InChI=1S/C15H19NOS/c1-2-11-5-7-12(8-6-11)15(17)13(10-16)14-4-3-9-18-14/h3-9,13,15,17H,2,10,16H2,1H3. The summed E-state index contributed by atoms with van der Waals surface area (Å²) in [4.78, 5) is 1.14. The maximum Gasteiger partial charge on any atom is 0.0878 e. The molecule has 0 saturated carbocycles. The molecule has 1 heterocycles. The van der Waals surface area contributed by atoms with Gasteiger partial charge in [0.25, 0.3) is 0 Å². The lowest BCUT2D eigenvalue weighted by Crippen LogP contribution is -2.19. The Hall–Kier alpha value is -1.16. The second kappa shape index (κ2) is 6.14. The van der Waals surface area contributed by atoms with Gasteiger partial charge < -0.3 is 10.8 Å². The lowest BCUT2D eigenvalue weighted by Gasteiger charge is -2.21. The van der Waals surface area contributed by atoms with Gasteiger partial charge in [0.15, 0.2) is 0 Å². The Morgan fingerprint density at radius 1 is 1.22 bits per heavy atom. The van der Waals surface area contributed by atoms with E-state index in [-0.39, 0.29) is 5.92 Å². The fourth-order valence-electron chi connectivity index (χ4n) is 2.09. The third-order valence-corrected chi connectivity index (χ3v) is 4.28. The lowest BCUT2D eigenvalue weighted by molar-refractivity contribution is 0.149. The van der Waals surface area contributed by atoms with Crippen molar-refractivity contribution in [2.75, 3.05) is 6.54 Å². The summed E-state index contributed by atoms with van der Waals surface area (Å²) in [5.74, 6) is -0.0162. The van der Waals surface area contributed by atoms with Crippen LogP contribution in [0.4, 0.5) is 0 Å². The summed E-state index contributed by atoms with van der Waals surface area (Å²) in [7, 11) is 0. The van der Waals surface area contributed by atoms with Crippen LogP contribution in [0.2, 0.25) is 0 Å². The van der Waals surface area contributed by atoms with Crippen LogP contribution in [-0.2, 0) is 6.42 Å². The molecular formula is C15H19NOS. The fraction of sp³-hybridized carbons (Fsp3) is 0.333. The number of aliphatic hydroxyl groups excluding tert-OH is 1. The Kier molecular flexibility index (Phi) is 4.53. The van der Waals surface area contributed by atoms with E-state index in [0.717, 1.165) is 16.9 Å². The molecule has 96 valence electrons. The number of rotatable bonds is 5. The third-order valence-electron chi connectivity index (χ3n) is 3.27. The highest BCUT2D eigenvalue weighted by Gasteiger charge is 2.22. The van der Waals surface area contributed by atoms with Gasteiger partial charge in [-0.05, 0) is 29.0 Å².